The molecule has 5 rings (SSSR count). The quantitative estimate of drug-likeness (QED) is 0.150. The number of nitrogens with zero attached hydrogens (tertiary/aromatic N) is 2. The number of halogens is 1. The van der Waals surface area contributed by atoms with Gasteiger partial charge in [-0.1, -0.05) is 0 Å². The molecule has 8 nitrogen and oxygen atoms in total. The van der Waals surface area contributed by atoms with E-state index >= 15 is 0 Å². The molecule has 3 aromatic rings. The van der Waals surface area contributed by atoms with Gasteiger partial charge >= 0.3 is 0 Å². The van der Waals surface area contributed by atoms with E-state index in [0.29, 0.717) is 42.8 Å². The minimum atomic E-state index is -0.458. The zero-order valence-electron chi connectivity index (χ0n) is 22.9. The Labute approximate surface area is 233 Å². The summed E-state index contributed by atoms with van der Waals surface area (Å²) in [5, 5.41) is 12.9. The summed E-state index contributed by atoms with van der Waals surface area (Å²) in [4.78, 5) is 0. The zero-order chi connectivity index (χ0) is 27.9. The molecular formula is C31H35FN2O6. The van der Waals surface area contributed by atoms with Gasteiger partial charge in [0.1, 0.15) is 28.7 Å². The fraction of sp³-hybridized carbons (Fsp3) is 0.387. The van der Waals surface area contributed by atoms with E-state index in [9.17, 15) is 9.60 Å². The Kier molecular flexibility index (Phi) is 8.91. The van der Waals surface area contributed by atoms with Gasteiger partial charge in [0.25, 0.3) is 0 Å². The average molecular weight is 551 g/mol. The van der Waals surface area contributed by atoms with Crippen molar-refractivity contribution in [1.82, 2.24) is 4.57 Å². The number of aromatic nitrogens is 1. The average Bonchev–Trinajstić information content (AvgIpc) is 3.28. The van der Waals surface area contributed by atoms with E-state index in [1.54, 1.807) is 56.8 Å². The van der Waals surface area contributed by atoms with Crippen LogP contribution in [0.5, 0.6) is 28.7 Å². The lowest BCUT2D eigenvalue weighted by atomic mass is 9.89. The van der Waals surface area contributed by atoms with Crippen LogP contribution in [0.15, 0.2) is 66.5 Å². The number of methoxy groups -OCH3 is 2. The monoisotopic (exact) mass is 550 g/mol. The molecule has 0 amide bonds. The second-order valence-corrected chi connectivity index (χ2v) is 9.88. The van der Waals surface area contributed by atoms with Gasteiger partial charge in [-0.15, -0.1) is 0 Å². The minimum absolute atomic E-state index is 0.00278. The summed E-state index contributed by atoms with van der Waals surface area (Å²) in [6.07, 6.45) is 9.95. The smallest absolute Gasteiger partial charge is 0.208 e. The highest BCUT2D eigenvalue weighted by molar-refractivity contribution is 5.78. The highest BCUT2D eigenvalue weighted by Crippen LogP contribution is 2.34. The third kappa shape index (κ3) is 6.42. The number of benzene rings is 2. The van der Waals surface area contributed by atoms with Crippen molar-refractivity contribution in [2.24, 2.45) is 5.92 Å². The molecule has 9 heteroatoms. The highest BCUT2D eigenvalue weighted by atomic mass is 19.1. The normalized spacial score (nSPS) is 18.1. The number of allylic oxidation sites excluding steroid dienone is 1. The van der Waals surface area contributed by atoms with Crippen LogP contribution in [0.3, 0.4) is 0 Å². The SMILES string of the molecule is COc1ccc(Oc2cc(OCCCCCOC3CCC=C4[C@@H]3Cn3ccc(OC)c3C=[N+]4[O-])ccc2F)cc1. The molecule has 2 aliphatic rings. The first kappa shape index (κ1) is 27.6. The zero-order valence-corrected chi connectivity index (χ0v) is 22.9. The standard InChI is InChI=1S/C31H35FN2O6/c1-36-22-9-11-23(12-10-22)40-31-19-24(13-14-26(31)32)38-17-4-3-5-18-39-29-8-6-7-27-25(29)20-33-16-15-30(37-2)28(33)21-34(27)35/h7,9-16,19,21,25,29H,3-6,8,17-18,20H2,1-2H3/t25-,29?/m0/s1. The van der Waals surface area contributed by atoms with Crippen LogP contribution >= 0.6 is 0 Å². The molecule has 1 aliphatic heterocycles. The maximum Gasteiger partial charge on any atom is 0.208 e. The van der Waals surface area contributed by atoms with Crippen LogP contribution in [0, 0.1) is 16.9 Å². The molecule has 1 aliphatic carbocycles. The Morgan fingerprint density at radius 3 is 2.50 bits per heavy atom. The van der Waals surface area contributed by atoms with E-state index in [0.717, 1.165) is 48.2 Å². The molecule has 0 spiro atoms. The van der Waals surface area contributed by atoms with Crippen molar-refractivity contribution in [3.05, 3.63) is 83.2 Å². The summed E-state index contributed by atoms with van der Waals surface area (Å²) in [5.74, 6) is 2.10. The largest absolute Gasteiger partial charge is 0.618 e. The molecule has 1 aromatic heterocycles. The lowest BCUT2D eigenvalue weighted by Gasteiger charge is -2.29. The first-order valence-electron chi connectivity index (χ1n) is 13.7. The van der Waals surface area contributed by atoms with Gasteiger partial charge in [0.05, 0.1) is 32.8 Å². The lowest BCUT2D eigenvalue weighted by molar-refractivity contribution is -0.409. The third-order valence-corrected chi connectivity index (χ3v) is 7.29. The summed E-state index contributed by atoms with van der Waals surface area (Å²) in [6.45, 7) is 1.81. The Hall–Kier alpha value is -3.98. The molecular weight excluding hydrogens is 515 g/mol. The lowest BCUT2D eigenvalue weighted by Crippen LogP contribution is -2.33. The Morgan fingerprint density at radius 2 is 1.70 bits per heavy atom. The van der Waals surface area contributed by atoms with E-state index in [4.69, 9.17) is 23.7 Å². The van der Waals surface area contributed by atoms with Crippen molar-refractivity contribution in [1.29, 1.82) is 0 Å². The minimum Gasteiger partial charge on any atom is -0.618 e. The number of hydrogen-bond donors (Lipinski definition) is 0. The number of hydroxylamine groups is 1. The summed E-state index contributed by atoms with van der Waals surface area (Å²) < 4.78 is 45.7. The van der Waals surface area contributed by atoms with Gasteiger partial charge in [-0.3, -0.25) is 0 Å². The van der Waals surface area contributed by atoms with Crippen LogP contribution in [0.2, 0.25) is 0 Å². The predicted octanol–water partition coefficient (Wildman–Crippen LogP) is 6.31. The number of rotatable bonds is 12. The van der Waals surface area contributed by atoms with Gasteiger partial charge in [0.2, 0.25) is 6.21 Å². The Balaban J connectivity index is 1.06. The maximum atomic E-state index is 14.3. The topological polar surface area (TPSA) is 77.1 Å². The Morgan fingerprint density at radius 1 is 0.925 bits per heavy atom. The second kappa shape index (κ2) is 12.9. The van der Waals surface area contributed by atoms with Gasteiger partial charge in [0.15, 0.2) is 17.3 Å². The fourth-order valence-corrected chi connectivity index (χ4v) is 5.16. The number of ether oxygens (including phenoxy) is 5. The summed E-state index contributed by atoms with van der Waals surface area (Å²) >= 11 is 0. The molecule has 0 saturated heterocycles. The van der Waals surface area contributed by atoms with Crippen LogP contribution in [0.25, 0.3) is 0 Å². The number of hydrogen-bond acceptors (Lipinski definition) is 6. The molecule has 0 bridgehead atoms. The van der Waals surface area contributed by atoms with Gasteiger partial charge in [-0.2, -0.15) is 4.74 Å². The van der Waals surface area contributed by atoms with Crippen molar-refractivity contribution < 1.29 is 32.8 Å². The van der Waals surface area contributed by atoms with Crippen LogP contribution < -0.4 is 18.9 Å². The van der Waals surface area contributed by atoms with Gasteiger partial charge in [0, 0.05) is 25.4 Å². The summed E-state index contributed by atoms with van der Waals surface area (Å²) in [6, 6.07) is 13.3. The molecule has 2 heterocycles. The van der Waals surface area contributed by atoms with E-state index < -0.39 is 5.82 Å². The molecule has 0 saturated carbocycles. The van der Waals surface area contributed by atoms with Gasteiger partial charge < -0.3 is 33.5 Å². The molecule has 212 valence electrons. The molecule has 2 aromatic carbocycles. The molecule has 0 fully saturated rings. The van der Waals surface area contributed by atoms with Crippen LogP contribution in [-0.2, 0) is 11.3 Å². The van der Waals surface area contributed by atoms with Crippen molar-refractivity contribution in [3.8, 4) is 28.7 Å². The Bertz CT molecular complexity index is 1350. The van der Waals surface area contributed by atoms with Crippen LogP contribution in [0.4, 0.5) is 4.39 Å². The molecule has 1 unspecified atom stereocenters. The molecule has 40 heavy (non-hydrogen) atoms. The summed E-state index contributed by atoms with van der Waals surface area (Å²) in [7, 11) is 3.20. The van der Waals surface area contributed by atoms with E-state index in [1.165, 1.54) is 6.07 Å². The highest BCUT2D eigenvalue weighted by Gasteiger charge is 2.37. The molecule has 0 N–H and O–H groups in total. The van der Waals surface area contributed by atoms with Gasteiger partial charge in [-0.05, 0) is 80.6 Å². The maximum absolute atomic E-state index is 14.3. The van der Waals surface area contributed by atoms with E-state index in [2.05, 4.69) is 4.57 Å². The first-order chi connectivity index (χ1) is 19.6. The number of fused-ring (bicyclic) bond motifs is 2. The van der Waals surface area contributed by atoms with Gasteiger partial charge in [-0.25, -0.2) is 4.39 Å². The third-order valence-electron chi connectivity index (χ3n) is 7.29. The first-order valence-corrected chi connectivity index (χ1v) is 13.7. The molecule has 0 radical (unpaired) electrons. The molecule has 2 atom stereocenters. The predicted molar refractivity (Wildman–Crippen MR) is 149 cm³/mol. The fourth-order valence-electron chi connectivity index (χ4n) is 5.16. The van der Waals surface area contributed by atoms with Crippen molar-refractivity contribution in [3.63, 3.8) is 0 Å². The second-order valence-electron chi connectivity index (χ2n) is 9.88. The van der Waals surface area contributed by atoms with Crippen LogP contribution in [-0.4, -0.2) is 49.1 Å². The van der Waals surface area contributed by atoms with Crippen molar-refractivity contribution in [2.75, 3.05) is 27.4 Å². The van der Waals surface area contributed by atoms with E-state index in [1.807, 2.05) is 18.3 Å². The summed E-state index contributed by atoms with van der Waals surface area (Å²) in [5.41, 5.74) is 1.55. The van der Waals surface area contributed by atoms with E-state index in [-0.39, 0.29) is 17.8 Å². The number of unbranched alkanes of at least 4 members (excludes halogenated alkanes) is 2. The van der Waals surface area contributed by atoms with Crippen molar-refractivity contribution >= 4 is 6.21 Å². The van der Waals surface area contributed by atoms with Crippen LogP contribution in [0.1, 0.15) is 37.8 Å². The van der Waals surface area contributed by atoms with Crippen molar-refractivity contribution in [2.45, 2.75) is 44.8 Å².